The first kappa shape index (κ1) is 17.7. The molecule has 2 aliphatic heterocycles. The standard InChI is InChI=1S/C19H18FN3O3S/c1-12-8-9-13(11-15(12)20)21-19(24)16-6-4-10-23(16)18-14-5-2-3-7-17(14)27(25,26)22-18/h2-3,5,7-9,11,16H,4,6,10H2,1H3,(H,21,24)/t16-/m1/s1. The number of benzene rings is 2. The van der Waals surface area contributed by atoms with Crippen LogP contribution in [0.4, 0.5) is 10.1 Å². The molecule has 0 unspecified atom stereocenters. The number of rotatable bonds is 2. The van der Waals surface area contributed by atoms with E-state index in [1.54, 1.807) is 42.2 Å². The average Bonchev–Trinajstić information content (AvgIpc) is 3.21. The number of fused-ring (bicyclic) bond motifs is 1. The van der Waals surface area contributed by atoms with Crippen LogP contribution in [0.25, 0.3) is 0 Å². The molecule has 27 heavy (non-hydrogen) atoms. The summed E-state index contributed by atoms with van der Waals surface area (Å²) in [6, 6.07) is 10.6. The second-order valence-electron chi connectivity index (χ2n) is 6.69. The van der Waals surface area contributed by atoms with Gasteiger partial charge in [0.05, 0.1) is 0 Å². The van der Waals surface area contributed by atoms with Gasteiger partial charge in [-0.25, -0.2) is 4.39 Å². The molecule has 2 aromatic carbocycles. The van der Waals surface area contributed by atoms with Gasteiger partial charge in [0.2, 0.25) is 5.91 Å². The van der Waals surface area contributed by atoms with Gasteiger partial charge in [0.15, 0.2) is 5.84 Å². The maximum Gasteiger partial charge on any atom is 0.285 e. The number of carbonyl (C=O) groups excluding carboxylic acids is 1. The third kappa shape index (κ3) is 3.10. The molecule has 0 aliphatic carbocycles. The van der Waals surface area contributed by atoms with Crippen LogP contribution >= 0.6 is 0 Å². The van der Waals surface area contributed by atoms with Crippen molar-refractivity contribution < 1.29 is 17.6 Å². The van der Waals surface area contributed by atoms with E-state index in [0.717, 1.165) is 6.42 Å². The van der Waals surface area contributed by atoms with Crippen molar-refractivity contribution in [3.05, 3.63) is 59.4 Å². The fourth-order valence-electron chi connectivity index (χ4n) is 3.48. The Kier molecular flexibility index (Phi) is 4.22. The molecule has 0 aromatic heterocycles. The Hall–Kier alpha value is -2.74. The molecule has 1 amide bonds. The van der Waals surface area contributed by atoms with Crippen LogP contribution in [0.15, 0.2) is 51.8 Å². The molecule has 0 radical (unpaired) electrons. The van der Waals surface area contributed by atoms with Crippen molar-refractivity contribution in [3.63, 3.8) is 0 Å². The lowest BCUT2D eigenvalue weighted by molar-refractivity contribution is -0.119. The molecule has 1 atom stereocenters. The van der Waals surface area contributed by atoms with Gasteiger partial charge < -0.3 is 10.2 Å². The Bertz CT molecular complexity index is 1070. The fourth-order valence-corrected chi connectivity index (χ4v) is 4.70. The number of hydrogen-bond donors (Lipinski definition) is 1. The normalized spacial score (nSPS) is 20.3. The number of anilines is 1. The quantitative estimate of drug-likeness (QED) is 0.859. The molecule has 2 aromatic rings. The molecule has 140 valence electrons. The Labute approximate surface area is 156 Å². The third-order valence-electron chi connectivity index (χ3n) is 4.88. The molecule has 8 heteroatoms. The van der Waals surface area contributed by atoms with Crippen LogP contribution in [0.5, 0.6) is 0 Å². The number of halogens is 1. The van der Waals surface area contributed by atoms with E-state index in [-0.39, 0.29) is 10.8 Å². The van der Waals surface area contributed by atoms with Crippen LogP contribution < -0.4 is 5.32 Å². The summed E-state index contributed by atoms with van der Waals surface area (Å²) in [6.45, 7) is 2.18. The van der Waals surface area contributed by atoms with Crippen LogP contribution in [0.1, 0.15) is 24.0 Å². The minimum absolute atomic E-state index is 0.159. The summed E-state index contributed by atoms with van der Waals surface area (Å²) in [5.74, 6) is -0.394. The summed E-state index contributed by atoms with van der Waals surface area (Å²) in [5, 5.41) is 2.73. The predicted octanol–water partition coefficient (Wildman–Crippen LogP) is 2.69. The first-order valence-electron chi connectivity index (χ1n) is 8.65. The van der Waals surface area contributed by atoms with Crippen molar-refractivity contribution in [2.45, 2.75) is 30.7 Å². The van der Waals surface area contributed by atoms with E-state index in [4.69, 9.17) is 0 Å². The van der Waals surface area contributed by atoms with Crippen molar-refractivity contribution >= 4 is 27.5 Å². The largest absolute Gasteiger partial charge is 0.343 e. The number of hydrogen-bond acceptors (Lipinski definition) is 4. The number of amidine groups is 1. The number of sulfonamides is 1. The van der Waals surface area contributed by atoms with Crippen molar-refractivity contribution in [1.29, 1.82) is 0 Å². The molecule has 1 N–H and O–H groups in total. The van der Waals surface area contributed by atoms with Crippen LogP contribution in [0.3, 0.4) is 0 Å². The van der Waals surface area contributed by atoms with Gasteiger partial charge in [-0.15, -0.1) is 4.40 Å². The highest BCUT2D eigenvalue weighted by Gasteiger charge is 2.39. The highest BCUT2D eigenvalue weighted by molar-refractivity contribution is 7.90. The van der Waals surface area contributed by atoms with Gasteiger partial charge >= 0.3 is 0 Å². The maximum absolute atomic E-state index is 13.7. The molecule has 1 fully saturated rings. The Morgan fingerprint density at radius 1 is 1.26 bits per heavy atom. The van der Waals surface area contributed by atoms with Crippen molar-refractivity contribution in [1.82, 2.24) is 4.90 Å². The summed E-state index contributed by atoms with van der Waals surface area (Å²) in [5.41, 5.74) is 1.38. The minimum atomic E-state index is -3.75. The topological polar surface area (TPSA) is 78.8 Å². The van der Waals surface area contributed by atoms with Gasteiger partial charge in [-0.05, 0) is 49.6 Å². The summed E-state index contributed by atoms with van der Waals surface area (Å²) < 4.78 is 42.2. The zero-order valence-electron chi connectivity index (χ0n) is 14.6. The average molecular weight is 387 g/mol. The monoisotopic (exact) mass is 387 g/mol. The predicted molar refractivity (Wildman–Crippen MR) is 99.7 cm³/mol. The van der Waals surface area contributed by atoms with E-state index >= 15 is 0 Å². The number of amides is 1. The van der Waals surface area contributed by atoms with Gasteiger partial charge in [-0.2, -0.15) is 8.42 Å². The molecule has 1 saturated heterocycles. The zero-order valence-corrected chi connectivity index (χ0v) is 15.5. The summed E-state index contributed by atoms with van der Waals surface area (Å²) in [7, 11) is -3.75. The van der Waals surface area contributed by atoms with E-state index in [0.29, 0.717) is 35.6 Å². The first-order valence-corrected chi connectivity index (χ1v) is 10.1. The number of nitrogens with one attached hydrogen (secondary N) is 1. The highest BCUT2D eigenvalue weighted by Crippen LogP contribution is 2.31. The summed E-state index contributed by atoms with van der Waals surface area (Å²) >= 11 is 0. The van der Waals surface area contributed by atoms with E-state index in [9.17, 15) is 17.6 Å². The molecule has 2 heterocycles. The van der Waals surface area contributed by atoms with Crippen molar-refractivity contribution in [2.75, 3.05) is 11.9 Å². The Balaban J connectivity index is 1.61. The van der Waals surface area contributed by atoms with Gasteiger partial charge in [0.1, 0.15) is 16.8 Å². The van der Waals surface area contributed by atoms with Gasteiger partial charge in [0.25, 0.3) is 10.0 Å². The van der Waals surface area contributed by atoms with Gasteiger partial charge in [-0.1, -0.05) is 18.2 Å². The summed E-state index contributed by atoms with van der Waals surface area (Å²) in [4.78, 5) is 14.7. The molecule has 0 spiro atoms. The molecule has 6 nitrogen and oxygen atoms in total. The molecule has 0 saturated carbocycles. The minimum Gasteiger partial charge on any atom is -0.343 e. The first-order chi connectivity index (χ1) is 12.9. The van der Waals surface area contributed by atoms with Gasteiger partial charge in [0, 0.05) is 17.8 Å². The maximum atomic E-state index is 13.7. The Morgan fingerprint density at radius 3 is 2.81 bits per heavy atom. The van der Waals surface area contributed by atoms with E-state index in [1.165, 1.54) is 12.1 Å². The lowest BCUT2D eigenvalue weighted by Gasteiger charge is -2.25. The summed E-state index contributed by atoms with van der Waals surface area (Å²) in [6.07, 6.45) is 1.31. The van der Waals surface area contributed by atoms with Crippen molar-refractivity contribution in [3.8, 4) is 0 Å². The van der Waals surface area contributed by atoms with Crippen molar-refractivity contribution in [2.24, 2.45) is 4.40 Å². The molecular weight excluding hydrogens is 369 g/mol. The highest BCUT2D eigenvalue weighted by atomic mass is 32.2. The lowest BCUT2D eigenvalue weighted by Crippen LogP contribution is -2.43. The van der Waals surface area contributed by atoms with E-state index in [2.05, 4.69) is 9.71 Å². The molecule has 4 rings (SSSR count). The smallest absolute Gasteiger partial charge is 0.285 e. The van der Waals surface area contributed by atoms with E-state index in [1.807, 2.05) is 0 Å². The van der Waals surface area contributed by atoms with Gasteiger partial charge in [-0.3, -0.25) is 4.79 Å². The lowest BCUT2D eigenvalue weighted by atomic mass is 10.1. The van der Waals surface area contributed by atoms with Crippen LogP contribution in [-0.2, 0) is 14.8 Å². The SMILES string of the molecule is Cc1ccc(NC(=O)[C@H]2CCCN2C2=NS(=O)(=O)c3ccccc32)cc1F. The molecular formula is C19H18FN3O3S. The Morgan fingerprint density at radius 2 is 2.04 bits per heavy atom. The molecule has 2 aliphatic rings. The second kappa shape index (κ2) is 6.45. The van der Waals surface area contributed by atoms with Crippen LogP contribution in [-0.4, -0.2) is 37.6 Å². The van der Waals surface area contributed by atoms with Crippen LogP contribution in [0, 0.1) is 12.7 Å². The van der Waals surface area contributed by atoms with E-state index < -0.39 is 21.9 Å². The number of carbonyl (C=O) groups is 1. The number of nitrogens with zero attached hydrogens (tertiary/aromatic N) is 2. The number of aryl methyl sites for hydroxylation is 1. The zero-order chi connectivity index (χ0) is 19.2. The fraction of sp³-hybridized carbons (Fsp3) is 0.263. The number of likely N-dealkylation sites (tertiary alicyclic amines) is 1. The molecule has 0 bridgehead atoms. The third-order valence-corrected chi connectivity index (χ3v) is 6.20. The second-order valence-corrected chi connectivity index (χ2v) is 8.26. The van der Waals surface area contributed by atoms with Crippen LogP contribution in [0.2, 0.25) is 0 Å².